The van der Waals surface area contributed by atoms with Crippen molar-refractivity contribution in [3.63, 3.8) is 0 Å². The highest BCUT2D eigenvalue weighted by Gasteiger charge is 2.46. The van der Waals surface area contributed by atoms with Crippen molar-refractivity contribution < 1.29 is 40.7 Å². The quantitative estimate of drug-likeness (QED) is 0.253. The third-order valence-corrected chi connectivity index (χ3v) is 7.79. The molecule has 44 heavy (non-hydrogen) atoms. The molecule has 0 unspecified atom stereocenters. The summed E-state index contributed by atoms with van der Waals surface area (Å²) in [6.07, 6.45) is -2.50. The molecule has 1 saturated heterocycles. The number of hydrogen-bond acceptors (Lipinski definition) is 5. The van der Waals surface area contributed by atoms with Crippen molar-refractivity contribution in [1.29, 1.82) is 0 Å². The maximum absolute atomic E-state index is 14.0. The van der Waals surface area contributed by atoms with Gasteiger partial charge in [0, 0.05) is 61.9 Å². The van der Waals surface area contributed by atoms with Crippen LogP contribution in [0.1, 0.15) is 46.9 Å². The number of ether oxygens (including phenoxy) is 1. The summed E-state index contributed by atoms with van der Waals surface area (Å²) in [6, 6.07) is 11.0. The van der Waals surface area contributed by atoms with Gasteiger partial charge < -0.3 is 9.64 Å². The molecule has 2 aliphatic heterocycles. The Bertz CT molecular complexity index is 1760. The van der Waals surface area contributed by atoms with Crippen LogP contribution in [0.4, 0.5) is 36.8 Å². The van der Waals surface area contributed by atoms with E-state index in [0.29, 0.717) is 23.3 Å². The van der Waals surface area contributed by atoms with E-state index in [9.17, 15) is 35.9 Å². The lowest BCUT2D eigenvalue weighted by Gasteiger charge is -2.44. The van der Waals surface area contributed by atoms with Gasteiger partial charge in [-0.3, -0.25) is 15.1 Å². The summed E-state index contributed by atoms with van der Waals surface area (Å²) in [5, 5.41) is 6.78. The van der Waals surface area contributed by atoms with Gasteiger partial charge >= 0.3 is 12.3 Å². The zero-order chi connectivity index (χ0) is 31.4. The molecule has 0 radical (unpaired) electrons. The molecule has 6 rings (SSSR count). The Morgan fingerprint density at radius 2 is 1.77 bits per heavy atom. The third-order valence-electron chi connectivity index (χ3n) is 7.79. The molecule has 1 N–H and O–H groups in total. The molecule has 0 aliphatic carbocycles. The smallest absolute Gasteiger partial charge is 0.419 e. The number of likely N-dealkylation sites (tertiary alicyclic amines) is 1. The van der Waals surface area contributed by atoms with Crippen molar-refractivity contribution in [2.24, 2.45) is 0 Å². The number of amides is 2. The molecule has 0 saturated carbocycles. The lowest BCUT2D eigenvalue weighted by Crippen LogP contribution is -2.49. The number of nitrogens with one attached hydrogen (secondary N) is 1. The molecule has 8 nitrogen and oxygen atoms in total. The van der Waals surface area contributed by atoms with Gasteiger partial charge in [-0.2, -0.15) is 18.3 Å². The first-order valence-corrected chi connectivity index (χ1v) is 13.4. The van der Waals surface area contributed by atoms with E-state index in [4.69, 9.17) is 4.74 Å². The molecular weight excluding hydrogens is 592 g/mol. The van der Waals surface area contributed by atoms with Crippen LogP contribution in [0, 0.1) is 5.82 Å². The lowest BCUT2D eigenvalue weighted by atomic mass is 9.81. The Morgan fingerprint density at radius 1 is 1.02 bits per heavy atom. The van der Waals surface area contributed by atoms with E-state index in [-0.39, 0.29) is 54.3 Å². The summed E-state index contributed by atoms with van der Waals surface area (Å²) < 4.78 is 89.1. The average molecular weight is 616 g/mol. The Hall–Kier alpha value is -4.88. The van der Waals surface area contributed by atoms with Crippen LogP contribution in [0.25, 0.3) is 16.9 Å². The van der Waals surface area contributed by atoms with E-state index in [1.54, 1.807) is 12.1 Å². The molecule has 0 atom stereocenters. The maximum Gasteiger partial charge on any atom is 0.419 e. The molecule has 4 aromatic rings. The number of pyridine rings is 1. The summed E-state index contributed by atoms with van der Waals surface area (Å²) in [5.74, 6) is -5.11. The first-order valence-electron chi connectivity index (χ1n) is 13.4. The zero-order valence-electron chi connectivity index (χ0n) is 23.0. The summed E-state index contributed by atoms with van der Waals surface area (Å²) >= 11 is 0. The molecule has 2 aromatic heterocycles. The Kier molecular flexibility index (Phi) is 6.89. The number of hydrogen-bond donors (Lipinski definition) is 1. The van der Waals surface area contributed by atoms with Gasteiger partial charge in [-0.15, -0.1) is 0 Å². The van der Waals surface area contributed by atoms with Gasteiger partial charge in [0.25, 0.3) is 11.8 Å². The predicted octanol–water partition coefficient (Wildman–Crippen LogP) is 6.90. The minimum atomic E-state index is -4.96. The van der Waals surface area contributed by atoms with E-state index >= 15 is 0 Å². The first-order chi connectivity index (χ1) is 20.7. The number of aromatic nitrogens is 3. The summed E-state index contributed by atoms with van der Waals surface area (Å²) in [7, 11) is 0. The molecule has 1 spiro atoms. The van der Waals surface area contributed by atoms with E-state index < -0.39 is 41.1 Å². The van der Waals surface area contributed by atoms with Gasteiger partial charge in [0.1, 0.15) is 11.4 Å². The second-order valence-corrected chi connectivity index (χ2v) is 10.7. The van der Waals surface area contributed by atoms with Gasteiger partial charge in [-0.05, 0) is 42.5 Å². The standard InChI is InChI=1S/C30H23F6N5O3/c1-28(32,33)18-4-6-20-23(13-18)38-27(43)44-29(20)8-11-40(12-9-29)26(42)24-15-25(17-3-2-10-37-16-17)41(39-24)19-5-7-22(31)21(14-19)30(34,35)36/h2-7,10,13-16H,8-9,11-12H2,1H3,(H,38,43). The van der Waals surface area contributed by atoms with E-state index in [1.165, 1.54) is 41.6 Å². The number of carbonyl (C=O) groups excluding carboxylic acids is 2. The number of alkyl halides is 5. The van der Waals surface area contributed by atoms with E-state index in [1.807, 2.05) is 0 Å². The van der Waals surface area contributed by atoms with Crippen molar-refractivity contribution in [1.82, 2.24) is 19.7 Å². The van der Waals surface area contributed by atoms with Crippen molar-refractivity contribution in [3.05, 3.63) is 95.2 Å². The summed E-state index contributed by atoms with van der Waals surface area (Å²) in [6.45, 7) is 0.949. The monoisotopic (exact) mass is 615 g/mol. The van der Waals surface area contributed by atoms with Crippen molar-refractivity contribution in [2.75, 3.05) is 18.4 Å². The molecule has 1 fully saturated rings. The molecule has 4 heterocycles. The number of benzene rings is 2. The van der Waals surface area contributed by atoms with Crippen LogP contribution in [0.2, 0.25) is 0 Å². The molecule has 0 bridgehead atoms. The van der Waals surface area contributed by atoms with Crippen molar-refractivity contribution in [2.45, 2.75) is 37.5 Å². The van der Waals surface area contributed by atoms with Crippen LogP contribution in [-0.4, -0.2) is 44.8 Å². The summed E-state index contributed by atoms with van der Waals surface area (Å²) in [4.78, 5) is 31.5. The number of rotatable bonds is 4. The molecule has 14 heteroatoms. The average Bonchev–Trinajstić information content (AvgIpc) is 3.42. The van der Waals surface area contributed by atoms with E-state index in [0.717, 1.165) is 17.7 Å². The van der Waals surface area contributed by atoms with Crippen molar-refractivity contribution in [3.8, 4) is 16.9 Å². The van der Waals surface area contributed by atoms with Gasteiger partial charge in [0.2, 0.25) is 0 Å². The number of halogens is 6. The maximum atomic E-state index is 14.0. The highest BCUT2D eigenvalue weighted by atomic mass is 19.4. The summed E-state index contributed by atoms with van der Waals surface area (Å²) in [5.41, 5.74) is -1.70. The normalized spacial score (nSPS) is 16.3. The highest BCUT2D eigenvalue weighted by Crippen LogP contribution is 2.45. The largest absolute Gasteiger partial charge is 0.438 e. The minimum absolute atomic E-state index is 0.0878. The Morgan fingerprint density at radius 3 is 2.43 bits per heavy atom. The van der Waals surface area contributed by atoms with Gasteiger partial charge in [0.15, 0.2) is 5.69 Å². The van der Waals surface area contributed by atoms with Crippen LogP contribution in [0.5, 0.6) is 0 Å². The first kappa shape index (κ1) is 29.2. The van der Waals surface area contributed by atoms with Crippen LogP contribution >= 0.6 is 0 Å². The number of carbonyl (C=O) groups is 2. The molecule has 2 aliphatic rings. The van der Waals surface area contributed by atoms with E-state index in [2.05, 4.69) is 15.4 Å². The highest BCUT2D eigenvalue weighted by molar-refractivity contribution is 5.94. The topological polar surface area (TPSA) is 89.4 Å². The molecule has 228 valence electrons. The SMILES string of the molecule is CC(F)(F)c1ccc2c(c1)NC(=O)OC21CCN(C(=O)c2cc(-c3cccnc3)n(-c3ccc(F)c(C(F)(F)F)c3)n2)CC1. The number of fused-ring (bicyclic) bond motifs is 2. The second-order valence-electron chi connectivity index (χ2n) is 10.7. The number of anilines is 1. The fraction of sp³-hybridized carbons (Fsp3) is 0.267. The number of nitrogens with zero attached hydrogens (tertiary/aromatic N) is 4. The van der Waals surface area contributed by atoms with Gasteiger partial charge in [0.05, 0.1) is 22.6 Å². The Labute approximate surface area is 246 Å². The van der Waals surface area contributed by atoms with Crippen LogP contribution in [0.3, 0.4) is 0 Å². The van der Waals surface area contributed by atoms with Crippen molar-refractivity contribution >= 4 is 17.7 Å². The van der Waals surface area contributed by atoms with Crippen LogP contribution in [-0.2, 0) is 22.4 Å². The lowest BCUT2D eigenvalue weighted by molar-refractivity contribution is -0.140. The van der Waals surface area contributed by atoms with Crippen LogP contribution < -0.4 is 5.32 Å². The second kappa shape index (κ2) is 10.4. The zero-order valence-corrected chi connectivity index (χ0v) is 23.0. The molecule has 2 aromatic carbocycles. The van der Waals surface area contributed by atoms with Gasteiger partial charge in [-0.1, -0.05) is 12.1 Å². The fourth-order valence-corrected chi connectivity index (χ4v) is 5.55. The fourth-order valence-electron chi connectivity index (χ4n) is 5.55. The predicted molar refractivity (Wildman–Crippen MR) is 145 cm³/mol. The molecular formula is C30H23F6N5O3. The molecule has 2 amide bonds. The van der Waals surface area contributed by atoms with Crippen LogP contribution in [0.15, 0.2) is 67.0 Å². The third kappa shape index (κ3) is 5.24. The minimum Gasteiger partial charge on any atom is -0.438 e. The van der Waals surface area contributed by atoms with Gasteiger partial charge in [-0.25, -0.2) is 22.6 Å². The Balaban J connectivity index is 1.30. The number of piperidine rings is 1.